The molecule has 4 heterocycles. The lowest BCUT2D eigenvalue weighted by Gasteiger charge is -2.34. The number of halogens is 1. The van der Waals surface area contributed by atoms with Crippen LogP contribution < -0.4 is 0 Å². The topological polar surface area (TPSA) is 49.9 Å². The third-order valence-corrected chi connectivity index (χ3v) is 6.62. The molecule has 154 valence electrons. The number of likely N-dealkylation sites (tertiary alicyclic amines) is 1. The summed E-state index contributed by atoms with van der Waals surface area (Å²) in [6.45, 7) is 8.44. The van der Waals surface area contributed by atoms with Gasteiger partial charge in [-0.15, -0.1) is 0 Å². The Morgan fingerprint density at radius 1 is 1.31 bits per heavy atom. The monoisotopic (exact) mass is 398 g/mol. The summed E-state index contributed by atoms with van der Waals surface area (Å²) >= 11 is 0. The van der Waals surface area contributed by atoms with E-state index in [0.717, 1.165) is 11.1 Å². The maximum absolute atomic E-state index is 13.7. The lowest BCUT2D eigenvalue weighted by Crippen LogP contribution is -2.47. The Bertz CT molecular complexity index is 921. The molecule has 1 spiro atoms. The summed E-state index contributed by atoms with van der Waals surface area (Å²) in [7, 11) is 0. The Labute approximate surface area is 170 Å². The van der Waals surface area contributed by atoms with Crippen LogP contribution in [0.15, 0.2) is 30.4 Å². The number of benzene rings is 1. The number of carbonyl (C=O) groups is 2. The van der Waals surface area contributed by atoms with E-state index in [0.29, 0.717) is 32.6 Å². The standard InChI is InChI=1S/C23H27FN2O3/c1-22(2,3)12-26-13-23-8-6-17(29-23)18(19(23)21(26)28)20(27)25-9-7-14-4-5-16(24)10-15(14)11-25/h4-6,8,10,17-19H,7,9,11-13H2,1-3H3/t17-,18+,19-,23-/m0/s1. The highest BCUT2D eigenvalue weighted by atomic mass is 19.1. The van der Waals surface area contributed by atoms with Crippen LogP contribution in [0, 0.1) is 23.1 Å². The fraction of sp³-hybridized carbons (Fsp3) is 0.565. The third-order valence-electron chi connectivity index (χ3n) is 6.62. The smallest absolute Gasteiger partial charge is 0.230 e. The van der Waals surface area contributed by atoms with Crippen molar-refractivity contribution in [3.8, 4) is 0 Å². The first-order valence-corrected chi connectivity index (χ1v) is 10.4. The fourth-order valence-corrected chi connectivity index (χ4v) is 5.49. The van der Waals surface area contributed by atoms with Crippen LogP contribution in [-0.4, -0.2) is 53.0 Å². The molecular formula is C23H27FN2O3. The van der Waals surface area contributed by atoms with Crippen molar-refractivity contribution in [1.82, 2.24) is 9.80 Å². The molecule has 29 heavy (non-hydrogen) atoms. The van der Waals surface area contributed by atoms with Gasteiger partial charge in [0.05, 0.1) is 24.5 Å². The van der Waals surface area contributed by atoms with Gasteiger partial charge in [-0.05, 0) is 35.1 Å². The van der Waals surface area contributed by atoms with E-state index in [2.05, 4.69) is 20.8 Å². The Morgan fingerprint density at radius 3 is 2.86 bits per heavy atom. The molecule has 1 aromatic rings. The number of fused-ring (bicyclic) bond motifs is 2. The van der Waals surface area contributed by atoms with Crippen LogP contribution in [0.4, 0.5) is 4.39 Å². The number of ether oxygens (including phenoxy) is 1. The third kappa shape index (κ3) is 2.91. The Kier molecular flexibility index (Phi) is 3.98. The van der Waals surface area contributed by atoms with E-state index in [4.69, 9.17) is 4.74 Å². The molecule has 0 N–H and O–H groups in total. The summed E-state index contributed by atoms with van der Waals surface area (Å²) in [4.78, 5) is 30.4. The van der Waals surface area contributed by atoms with Crippen LogP contribution in [0.3, 0.4) is 0 Å². The average molecular weight is 398 g/mol. The normalized spacial score (nSPS) is 32.7. The predicted octanol–water partition coefficient (Wildman–Crippen LogP) is 2.54. The zero-order valence-corrected chi connectivity index (χ0v) is 17.2. The molecule has 4 aliphatic heterocycles. The minimum absolute atomic E-state index is 0.0210. The minimum Gasteiger partial charge on any atom is -0.360 e. The summed E-state index contributed by atoms with van der Waals surface area (Å²) in [5, 5.41) is 0. The van der Waals surface area contributed by atoms with Gasteiger partial charge in [-0.1, -0.05) is 39.0 Å². The van der Waals surface area contributed by atoms with Crippen LogP contribution >= 0.6 is 0 Å². The van der Waals surface area contributed by atoms with Gasteiger partial charge in [0, 0.05) is 19.6 Å². The van der Waals surface area contributed by atoms with Gasteiger partial charge in [0.25, 0.3) is 0 Å². The summed E-state index contributed by atoms with van der Waals surface area (Å²) in [5.41, 5.74) is 1.25. The van der Waals surface area contributed by atoms with E-state index in [1.165, 1.54) is 12.1 Å². The molecule has 2 bridgehead atoms. The summed E-state index contributed by atoms with van der Waals surface area (Å²) in [6, 6.07) is 4.78. The molecule has 0 aromatic heterocycles. The Hall–Kier alpha value is -2.21. The molecule has 0 aliphatic carbocycles. The van der Waals surface area contributed by atoms with Crippen LogP contribution in [-0.2, 0) is 27.3 Å². The fourth-order valence-electron chi connectivity index (χ4n) is 5.49. The molecule has 6 heteroatoms. The number of hydrogen-bond acceptors (Lipinski definition) is 3. The van der Waals surface area contributed by atoms with Gasteiger partial charge in [-0.2, -0.15) is 0 Å². The summed E-state index contributed by atoms with van der Waals surface area (Å²) in [6.07, 6.45) is 4.30. The van der Waals surface area contributed by atoms with Crippen LogP contribution in [0.2, 0.25) is 0 Å². The van der Waals surface area contributed by atoms with Crippen LogP contribution in [0.1, 0.15) is 31.9 Å². The molecule has 0 unspecified atom stereocenters. The van der Waals surface area contributed by atoms with Crippen molar-refractivity contribution < 1.29 is 18.7 Å². The molecule has 2 saturated heterocycles. The highest BCUT2D eigenvalue weighted by molar-refractivity contribution is 5.93. The summed E-state index contributed by atoms with van der Waals surface area (Å²) < 4.78 is 19.9. The van der Waals surface area contributed by atoms with Crippen molar-refractivity contribution in [3.05, 3.63) is 47.3 Å². The molecule has 2 amide bonds. The number of rotatable bonds is 2. The van der Waals surface area contributed by atoms with E-state index in [1.54, 1.807) is 11.0 Å². The van der Waals surface area contributed by atoms with Crippen molar-refractivity contribution in [2.24, 2.45) is 17.3 Å². The maximum Gasteiger partial charge on any atom is 0.230 e. The van der Waals surface area contributed by atoms with Gasteiger partial charge in [0.1, 0.15) is 11.4 Å². The lowest BCUT2D eigenvalue weighted by molar-refractivity contribution is -0.144. The SMILES string of the molecule is CC(C)(C)CN1C[C@]23C=C[C@H](O2)[C@@H](C(=O)N2CCc4ccc(F)cc4C2)[C@H]3C1=O. The number of nitrogens with zero attached hydrogens (tertiary/aromatic N) is 2. The molecule has 5 rings (SSSR count). The van der Waals surface area contributed by atoms with E-state index < -0.39 is 17.4 Å². The van der Waals surface area contributed by atoms with E-state index in [1.807, 2.05) is 17.1 Å². The van der Waals surface area contributed by atoms with Gasteiger partial charge in [0.15, 0.2) is 0 Å². The largest absolute Gasteiger partial charge is 0.360 e. The molecular weight excluding hydrogens is 371 g/mol. The molecule has 0 saturated carbocycles. The van der Waals surface area contributed by atoms with E-state index >= 15 is 0 Å². The number of carbonyl (C=O) groups excluding carboxylic acids is 2. The number of amides is 2. The van der Waals surface area contributed by atoms with Crippen LogP contribution in [0.5, 0.6) is 0 Å². The van der Waals surface area contributed by atoms with E-state index in [-0.39, 0.29) is 29.2 Å². The van der Waals surface area contributed by atoms with Gasteiger partial charge in [0.2, 0.25) is 11.8 Å². The van der Waals surface area contributed by atoms with Crippen molar-refractivity contribution in [3.63, 3.8) is 0 Å². The highest BCUT2D eigenvalue weighted by Crippen LogP contribution is 2.52. The Balaban J connectivity index is 1.40. The zero-order chi connectivity index (χ0) is 20.6. The van der Waals surface area contributed by atoms with Gasteiger partial charge in [-0.3, -0.25) is 9.59 Å². The maximum atomic E-state index is 13.7. The highest BCUT2D eigenvalue weighted by Gasteiger charge is 2.67. The quantitative estimate of drug-likeness (QED) is 0.720. The zero-order valence-electron chi connectivity index (χ0n) is 17.2. The average Bonchev–Trinajstić information content (AvgIpc) is 3.27. The first-order chi connectivity index (χ1) is 13.7. The molecule has 2 fully saturated rings. The number of hydrogen-bond donors (Lipinski definition) is 0. The first kappa shape index (κ1) is 18.8. The Morgan fingerprint density at radius 2 is 2.10 bits per heavy atom. The molecule has 0 radical (unpaired) electrons. The second kappa shape index (κ2) is 6.14. The van der Waals surface area contributed by atoms with Gasteiger partial charge < -0.3 is 14.5 Å². The van der Waals surface area contributed by atoms with Crippen molar-refractivity contribution in [1.29, 1.82) is 0 Å². The predicted molar refractivity (Wildman–Crippen MR) is 105 cm³/mol. The molecule has 1 aromatic carbocycles. The van der Waals surface area contributed by atoms with Gasteiger partial charge in [-0.25, -0.2) is 4.39 Å². The van der Waals surface area contributed by atoms with Crippen LogP contribution in [0.25, 0.3) is 0 Å². The summed E-state index contributed by atoms with van der Waals surface area (Å²) in [5.74, 6) is -1.26. The lowest BCUT2D eigenvalue weighted by atomic mass is 9.76. The second-order valence-electron chi connectivity index (χ2n) is 10.1. The van der Waals surface area contributed by atoms with E-state index in [9.17, 15) is 14.0 Å². The molecule has 5 nitrogen and oxygen atoms in total. The molecule has 4 atom stereocenters. The minimum atomic E-state index is -0.673. The van der Waals surface area contributed by atoms with Crippen molar-refractivity contribution in [2.45, 2.75) is 45.4 Å². The van der Waals surface area contributed by atoms with Crippen molar-refractivity contribution in [2.75, 3.05) is 19.6 Å². The molecule has 4 aliphatic rings. The van der Waals surface area contributed by atoms with Crippen molar-refractivity contribution >= 4 is 11.8 Å². The second-order valence-corrected chi connectivity index (χ2v) is 10.1. The first-order valence-electron chi connectivity index (χ1n) is 10.4. The van der Waals surface area contributed by atoms with Gasteiger partial charge >= 0.3 is 0 Å².